The smallest absolute Gasteiger partial charge is 0.346 e. The average molecular weight is 622 g/mol. The number of aromatic nitrogens is 7. The number of fused-ring (bicyclic) bond motifs is 1. The number of nitrogens with zero attached hydrogens (tertiary/aromatic N) is 9. The fourth-order valence-corrected chi connectivity index (χ4v) is 6.04. The third-order valence-electron chi connectivity index (χ3n) is 8.42. The molecule has 2 N–H and O–H groups in total. The van der Waals surface area contributed by atoms with E-state index in [-0.39, 0.29) is 35.9 Å². The molecule has 0 aliphatic carbocycles. The van der Waals surface area contributed by atoms with E-state index >= 15 is 0 Å². The van der Waals surface area contributed by atoms with Crippen LogP contribution >= 0.6 is 0 Å². The molecule has 0 radical (unpaired) electrons. The van der Waals surface area contributed by atoms with Crippen molar-refractivity contribution in [3.63, 3.8) is 0 Å². The first-order chi connectivity index (χ1) is 21.3. The van der Waals surface area contributed by atoms with Gasteiger partial charge in [0.05, 0.1) is 30.1 Å². The Labute approximate surface area is 257 Å². The van der Waals surface area contributed by atoms with Crippen molar-refractivity contribution >= 4 is 16.9 Å². The third kappa shape index (κ3) is 6.25. The van der Waals surface area contributed by atoms with Gasteiger partial charge in [-0.05, 0) is 45.7 Å². The van der Waals surface area contributed by atoms with Crippen molar-refractivity contribution < 1.29 is 18.0 Å². The molecule has 0 spiro atoms. The zero-order valence-corrected chi connectivity index (χ0v) is 25.3. The highest BCUT2D eigenvalue weighted by atomic mass is 19.4. The van der Waals surface area contributed by atoms with Gasteiger partial charge in [0, 0.05) is 67.6 Å². The lowest BCUT2D eigenvalue weighted by Crippen LogP contribution is -2.66. The van der Waals surface area contributed by atoms with Crippen LogP contribution in [0.25, 0.3) is 22.3 Å². The molecule has 12 nitrogen and oxygen atoms in total. The molecule has 45 heavy (non-hydrogen) atoms. The number of rotatable bonds is 7. The Kier molecular flexibility index (Phi) is 7.82. The SMILES string of the molecule is CC(C)(C)NCc1cc(C(=O)N2CCC(N3CC(CC#N)(n4cc(-c5ncnc6[nH]ccc56)cn4)C3)CC2)nc(C(F)(F)F)n1. The van der Waals surface area contributed by atoms with E-state index in [0.29, 0.717) is 39.0 Å². The van der Waals surface area contributed by atoms with E-state index < -0.39 is 23.4 Å². The van der Waals surface area contributed by atoms with Crippen LogP contribution < -0.4 is 5.32 Å². The summed E-state index contributed by atoms with van der Waals surface area (Å²) in [4.78, 5) is 36.2. The second-order valence-electron chi connectivity index (χ2n) is 12.8. The Morgan fingerprint density at radius 2 is 1.93 bits per heavy atom. The van der Waals surface area contributed by atoms with E-state index in [1.807, 2.05) is 43.9 Å². The molecule has 15 heteroatoms. The lowest BCUT2D eigenvalue weighted by Gasteiger charge is -2.53. The Bertz CT molecular complexity index is 1740. The Balaban J connectivity index is 1.11. The van der Waals surface area contributed by atoms with E-state index in [2.05, 4.69) is 46.3 Å². The molecule has 4 aromatic rings. The minimum absolute atomic E-state index is 0.0735. The van der Waals surface area contributed by atoms with Crippen molar-refractivity contribution in [2.24, 2.45) is 0 Å². The first kappa shape index (κ1) is 30.6. The van der Waals surface area contributed by atoms with Crippen molar-refractivity contribution in [2.45, 2.75) is 69.9 Å². The van der Waals surface area contributed by atoms with E-state index in [1.165, 1.54) is 12.4 Å². The molecule has 0 aromatic carbocycles. The zero-order chi connectivity index (χ0) is 32.0. The van der Waals surface area contributed by atoms with E-state index in [9.17, 15) is 23.2 Å². The summed E-state index contributed by atoms with van der Waals surface area (Å²) in [6.07, 6.45) is 3.81. The van der Waals surface area contributed by atoms with Crippen LogP contribution in [0.1, 0.15) is 62.0 Å². The molecule has 1 amide bonds. The molecule has 2 aliphatic heterocycles. The summed E-state index contributed by atoms with van der Waals surface area (Å²) < 4.78 is 42.6. The predicted octanol–water partition coefficient (Wildman–Crippen LogP) is 3.75. The summed E-state index contributed by atoms with van der Waals surface area (Å²) in [7, 11) is 0. The summed E-state index contributed by atoms with van der Waals surface area (Å²) >= 11 is 0. The highest BCUT2D eigenvalue weighted by molar-refractivity contribution is 5.92. The Morgan fingerprint density at radius 3 is 2.62 bits per heavy atom. The maximum Gasteiger partial charge on any atom is 0.451 e. The van der Waals surface area contributed by atoms with E-state index in [1.54, 1.807) is 11.1 Å². The number of hydrogen-bond acceptors (Lipinski definition) is 9. The fraction of sp³-hybridized carbons (Fsp3) is 0.500. The van der Waals surface area contributed by atoms with Crippen LogP contribution in [-0.2, 0) is 18.3 Å². The molecule has 0 bridgehead atoms. The summed E-state index contributed by atoms with van der Waals surface area (Å²) in [5.74, 6) is -1.85. The summed E-state index contributed by atoms with van der Waals surface area (Å²) in [5.41, 5.74) is 1.35. The molecule has 0 saturated carbocycles. The molecule has 4 aromatic heterocycles. The van der Waals surface area contributed by atoms with Crippen LogP contribution in [0, 0.1) is 11.3 Å². The number of hydrogen-bond donors (Lipinski definition) is 2. The van der Waals surface area contributed by atoms with Crippen molar-refractivity contribution in [3.05, 3.63) is 54.3 Å². The maximum absolute atomic E-state index is 13.6. The van der Waals surface area contributed by atoms with Crippen molar-refractivity contribution in [2.75, 3.05) is 26.2 Å². The number of nitrogens with one attached hydrogen (secondary N) is 2. The first-order valence-corrected chi connectivity index (χ1v) is 14.8. The molecule has 6 rings (SSSR count). The van der Waals surface area contributed by atoms with Gasteiger partial charge in [-0.25, -0.2) is 19.9 Å². The molecule has 0 unspecified atom stereocenters. The molecule has 2 aliphatic rings. The first-order valence-electron chi connectivity index (χ1n) is 14.8. The maximum atomic E-state index is 13.6. The van der Waals surface area contributed by atoms with Crippen LogP contribution in [0.3, 0.4) is 0 Å². The third-order valence-corrected chi connectivity index (χ3v) is 8.42. The minimum Gasteiger partial charge on any atom is -0.346 e. The average Bonchev–Trinajstić information content (AvgIpc) is 3.67. The van der Waals surface area contributed by atoms with E-state index in [0.717, 1.165) is 22.3 Å². The van der Waals surface area contributed by atoms with E-state index in [4.69, 9.17) is 0 Å². The van der Waals surface area contributed by atoms with Gasteiger partial charge in [0.1, 0.15) is 23.2 Å². The topological polar surface area (TPSA) is 145 Å². The lowest BCUT2D eigenvalue weighted by molar-refractivity contribution is -0.145. The van der Waals surface area contributed by atoms with Crippen LogP contribution in [0.5, 0.6) is 0 Å². The minimum atomic E-state index is -4.77. The number of amides is 1. The van der Waals surface area contributed by atoms with Gasteiger partial charge in [-0.2, -0.15) is 23.5 Å². The lowest BCUT2D eigenvalue weighted by atomic mass is 9.83. The van der Waals surface area contributed by atoms with Crippen molar-refractivity contribution in [1.29, 1.82) is 5.26 Å². The van der Waals surface area contributed by atoms with Crippen LogP contribution in [0.2, 0.25) is 0 Å². The molecular weight excluding hydrogens is 587 g/mol. The number of carbonyl (C=O) groups is 1. The summed E-state index contributed by atoms with van der Waals surface area (Å²) in [6, 6.07) is 5.74. The molecule has 236 valence electrons. The molecule has 6 heterocycles. The predicted molar refractivity (Wildman–Crippen MR) is 157 cm³/mol. The number of carbonyl (C=O) groups excluding carboxylic acids is 1. The molecule has 2 saturated heterocycles. The van der Waals surface area contributed by atoms with Gasteiger partial charge in [-0.1, -0.05) is 0 Å². The Hall–Kier alpha value is -4.42. The number of piperidine rings is 1. The highest BCUT2D eigenvalue weighted by Gasteiger charge is 2.48. The quantitative estimate of drug-likeness (QED) is 0.315. The highest BCUT2D eigenvalue weighted by Crippen LogP contribution is 2.37. The largest absolute Gasteiger partial charge is 0.451 e. The fourth-order valence-electron chi connectivity index (χ4n) is 6.04. The van der Waals surface area contributed by atoms with Crippen molar-refractivity contribution in [1.82, 2.24) is 49.8 Å². The number of nitriles is 1. The van der Waals surface area contributed by atoms with Crippen LogP contribution in [0.15, 0.2) is 37.1 Å². The van der Waals surface area contributed by atoms with Crippen LogP contribution in [0.4, 0.5) is 13.2 Å². The van der Waals surface area contributed by atoms with Gasteiger partial charge in [-0.3, -0.25) is 14.4 Å². The van der Waals surface area contributed by atoms with Gasteiger partial charge in [0.25, 0.3) is 5.91 Å². The number of halogens is 3. The monoisotopic (exact) mass is 621 g/mol. The normalized spacial score (nSPS) is 17.8. The van der Waals surface area contributed by atoms with Crippen molar-refractivity contribution in [3.8, 4) is 17.3 Å². The number of alkyl halides is 3. The number of likely N-dealkylation sites (tertiary alicyclic amines) is 2. The van der Waals surface area contributed by atoms with Gasteiger partial charge in [0.15, 0.2) is 0 Å². The molecular formula is C30H34F3N11O. The second kappa shape index (κ2) is 11.5. The van der Waals surface area contributed by atoms with Gasteiger partial charge >= 0.3 is 6.18 Å². The van der Waals surface area contributed by atoms with Gasteiger partial charge in [0.2, 0.25) is 5.82 Å². The molecule has 0 atom stereocenters. The number of aromatic amines is 1. The number of H-pyrrole nitrogens is 1. The summed E-state index contributed by atoms with van der Waals surface area (Å²) in [5, 5.41) is 18.3. The second-order valence-corrected chi connectivity index (χ2v) is 12.8. The standard InChI is InChI=1S/C30H34F3N11O/c1-28(2,3)38-14-20-12-23(41-27(40-20)30(31,32)33)26(45)42-10-5-21(6-11-42)43-16-29(17-43,7-8-34)44-15-19(13-39-44)24-22-4-9-35-25(22)37-18-36-24/h4,9,12-13,15,18,21,38H,5-7,10-11,14,16-17H2,1-3H3,(H,35,36,37). The van der Waals surface area contributed by atoms with Crippen LogP contribution in [-0.4, -0.2) is 88.2 Å². The molecule has 2 fully saturated rings. The van der Waals surface area contributed by atoms with Gasteiger partial charge in [-0.15, -0.1) is 0 Å². The van der Waals surface area contributed by atoms with Gasteiger partial charge < -0.3 is 15.2 Å². The Morgan fingerprint density at radius 1 is 1.18 bits per heavy atom. The summed E-state index contributed by atoms with van der Waals surface area (Å²) in [6.45, 7) is 7.77. The zero-order valence-electron chi connectivity index (χ0n) is 25.3.